The van der Waals surface area contributed by atoms with E-state index in [1.165, 1.54) is 77.0 Å². The summed E-state index contributed by atoms with van der Waals surface area (Å²) in [4.78, 5) is 27.2. The van der Waals surface area contributed by atoms with Gasteiger partial charge in [-0.3, -0.25) is 9.59 Å². The summed E-state index contributed by atoms with van der Waals surface area (Å²) in [5, 5.41) is 0. The first kappa shape index (κ1) is 45.9. The van der Waals surface area contributed by atoms with E-state index in [1.54, 1.807) is 0 Å². The van der Waals surface area contributed by atoms with Crippen LogP contribution in [0.4, 0.5) is 0 Å². The number of carbonyl (C=O) groups is 2. The third-order valence-electron chi connectivity index (χ3n) is 8.76. The predicted molar refractivity (Wildman–Crippen MR) is 207 cm³/mol. The summed E-state index contributed by atoms with van der Waals surface area (Å²) in [6.45, 7) is 8.49. The second-order valence-electron chi connectivity index (χ2n) is 13.4. The van der Waals surface area contributed by atoms with Gasteiger partial charge in [-0.05, 0) is 90.6 Å². The number of allylic oxidation sites excluding steroid dienone is 8. The van der Waals surface area contributed by atoms with Crippen molar-refractivity contribution in [1.82, 2.24) is 4.90 Å². The first-order valence-corrected chi connectivity index (χ1v) is 20.2. The highest BCUT2D eigenvalue weighted by Crippen LogP contribution is 2.12. The monoisotopic (exact) mass is 672 g/mol. The minimum atomic E-state index is -0.377. The molecule has 0 aromatic carbocycles. The van der Waals surface area contributed by atoms with E-state index < -0.39 is 0 Å². The molecule has 5 nitrogen and oxygen atoms in total. The topological polar surface area (TPSA) is 55.8 Å². The van der Waals surface area contributed by atoms with Gasteiger partial charge in [0.05, 0.1) is 0 Å². The standard InChI is InChI=1S/C43H77NO4/c1-5-8-10-12-14-16-18-20-22-24-26-28-30-32-34-36-42(45)47-40-41(38-39-44(4)7-3)48-43(46)37-35-33-31-29-27-25-23-21-19-17-15-13-11-9-6-2/h14-17,20-23,41H,5-13,18-19,24-40H2,1-4H3/b16-14-,17-15-,22-20-,23-21-. The number of rotatable bonds is 35. The van der Waals surface area contributed by atoms with Gasteiger partial charge in [-0.15, -0.1) is 0 Å². The van der Waals surface area contributed by atoms with Crippen molar-refractivity contribution in [3.8, 4) is 0 Å². The number of hydrogen-bond acceptors (Lipinski definition) is 5. The maximum atomic E-state index is 12.6. The van der Waals surface area contributed by atoms with Gasteiger partial charge in [0.25, 0.3) is 0 Å². The molecule has 278 valence electrons. The molecule has 1 unspecified atom stereocenters. The number of hydrogen-bond donors (Lipinski definition) is 0. The van der Waals surface area contributed by atoms with Crippen LogP contribution in [-0.4, -0.2) is 49.7 Å². The zero-order chi connectivity index (χ0) is 35.2. The average Bonchev–Trinajstić information content (AvgIpc) is 3.09. The van der Waals surface area contributed by atoms with E-state index in [9.17, 15) is 9.59 Å². The molecule has 0 N–H and O–H groups in total. The molecule has 0 saturated carbocycles. The SMILES string of the molecule is CCCCC/C=C\C/C=C\CCCCCCCC(=O)OCC(CCN(C)CC)OC(=O)CCCCCCC/C=C\C/C=C\CCCCC. The summed E-state index contributed by atoms with van der Waals surface area (Å²) in [7, 11) is 2.05. The minimum absolute atomic E-state index is 0.157. The van der Waals surface area contributed by atoms with Crippen molar-refractivity contribution in [2.45, 2.75) is 187 Å². The number of nitrogens with zero attached hydrogens (tertiary/aromatic N) is 1. The first-order valence-electron chi connectivity index (χ1n) is 20.2. The number of ether oxygens (including phenoxy) is 2. The normalized spacial score (nSPS) is 12.8. The molecular formula is C43H77NO4. The molecule has 0 aliphatic rings. The van der Waals surface area contributed by atoms with Crippen LogP contribution in [0.15, 0.2) is 48.6 Å². The van der Waals surface area contributed by atoms with Crippen LogP contribution in [0.1, 0.15) is 181 Å². The Labute approximate surface area is 298 Å². The highest BCUT2D eigenvalue weighted by molar-refractivity contribution is 5.70. The lowest BCUT2D eigenvalue weighted by Gasteiger charge is -2.21. The smallest absolute Gasteiger partial charge is 0.306 e. The summed E-state index contributed by atoms with van der Waals surface area (Å²) < 4.78 is 11.3. The lowest BCUT2D eigenvalue weighted by molar-refractivity contribution is -0.159. The van der Waals surface area contributed by atoms with E-state index in [-0.39, 0.29) is 24.6 Å². The van der Waals surface area contributed by atoms with Gasteiger partial charge in [0, 0.05) is 25.8 Å². The zero-order valence-electron chi connectivity index (χ0n) is 32.1. The van der Waals surface area contributed by atoms with E-state index in [0.29, 0.717) is 19.3 Å². The summed E-state index contributed by atoms with van der Waals surface area (Å²) >= 11 is 0. The lowest BCUT2D eigenvalue weighted by Crippen LogP contribution is -2.30. The lowest BCUT2D eigenvalue weighted by atomic mass is 10.1. The highest BCUT2D eigenvalue weighted by Gasteiger charge is 2.17. The molecule has 0 rings (SSSR count). The van der Waals surface area contributed by atoms with Crippen molar-refractivity contribution < 1.29 is 19.1 Å². The van der Waals surface area contributed by atoms with Gasteiger partial charge < -0.3 is 14.4 Å². The molecule has 0 aliphatic heterocycles. The average molecular weight is 672 g/mol. The van der Waals surface area contributed by atoms with Crippen LogP contribution in [0.3, 0.4) is 0 Å². The van der Waals surface area contributed by atoms with Crippen LogP contribution in [0.5, 0.6) is 0 Å². The molecule has 0 amide bonds. The summed E-state index contributed by atoms with van der Waals surface area (Å²) in [5.41, 5.74) is 0. The van der Waals surface area contributed by atoms with Gasteiger partial charge in [0.2, 0.25) is 0 Å². The van der Waals surface area contributed by atoms with Crippen LogP contribution in [0.2, 0.25) is 0 Å². The molecule has 0 aromatic heterocycles. The van der Waals surface area contributed by atoms with Crippen molar-refractivity contribution in [3.05, 3.63) is 48.6 Å². The summed E-state index contributed by atoms with van der Waals surface area (Å²) in [5.74, 6) is -0.353. The Kier molecular flexibility index (Phi) is 36.0. The Morgan fingerprint density at radius 1 is 0.542 bits per heavy atom. The number of esters is 2. The molecule has 0 radical (unpaired) electrons. The van der Waals surface area contributed by atoms with E-state index in [2.05, 4.69) is 81.3 Å². The largest absolute Gasteiger partial charge is 0.462 e. The Bertz CT molecular complexity index is 831. The van der Waals surface area contributed by atoms with Crippen molar-refractivity contribution >= 4 is 11.9 Å². The molecule has 0 fully saturated rings. The molecule has 0 bridgehead atoms. The molecule has 1 atom stereocenters. The fourth-order valence-corrected chi connectivity index (χ4v) is 5.36. The molecule has 0 aromatic rings. The Hall–Kier alpha value is -2.14. The molecule has 0 heterocycles. The second kappa shape index (κ2) is 37.7. The Balaban J connectivity index is 4.01. The summed E-state index contributed by atoms with van der Waals surface area (Å²) in [6, 6.07) is 0. The van der Waals surface area contributed by atoms with Gasteiger partial charge in [-0.25, -0.2) is 0 Å². The molecule has 0 spiro atoms. The van der Waals surface area contributed by atoms with Crippen LogP contribution in [0, 0.1) is 0 Å². The van der Waals surface area contributed by atoms with Crippen molar-refractivity contribution in [2.24, 2.45) is 0 Å². The van der Waals surface area contributed by atoms with Crippen molar-refractivity contribution in [3.63, 3.8) is 0 Å². The van der Waals surface area contributed by atoms with Crippen LogP contribution in [0.25, 0.3) is 0 Å². The molecule has 5 heteroatoms. The third-order valence-corrected chi connectivity index (χ3v) is 8.76. The van der Waals surface area contributed by atoms with E-state index in [1.807, 2.05) is 0 Å². The number of unbranched alkanes of at least 4 members (excludes halogenated alkanes) is 16. The maximum absolute atomic E-state index is 12.6. The summed E-state index contributed by atoms with van der Waals surface area (Å²) in [6.07, 6.45) is 45.0. The van der Waals surface area contributed by atoms with E-state index in [0.717, 1.165) is 77.3 Å². The molecule has 0 saturated heterocycles. The zero-order valence-corrected chi connectivity index (χ0v) is 32.1. The third kappa shape index (κ3) is 35.2. The molecule has 48 heavy (non-hydrogen) atoms. The predicted octanol–water partition coefficient (Wildman–Crippen LogP) is 12.4. The van der Waals surface area contributed by atoms with E-state index in [4.69, 9.17) is 9.47 Å². The van der Waals surface area contributed by atoms with Crippen LogP contribution >= 0.6 is 0 Å². The van der Waals surface area contributed by atoms with Crippen molar-refractivity contribution in [2.75, 3.05) is 26.7 Å². The van der Waals surface area contributed by atoms with Gasteiger partial charge in [-0.2, -0.15) is 0 Å². The van der Waals surface area contributed by atoms with Gasteiger partial charge in [-0.1, -0.05) is 134 Å². The van der Waals surface area contributed by atoms with Gasteiger partial charge >= 0.3 is 11.9 Å². The Morgan fingerprint density at radius 2 is 0.958 bits per heavy atom. The van der Waals surface area contributed by atoms with Crippen molar-refractivity contribution in [1.29, 1.82) is 0 Å². The Morgan fingerprint density at radius 3 is 1.42 bits per heavy atom. The fourth-order valence-electron chi connectivity index (χ4n) is 5.36. The van der Waals surface area contributed by atoms with Crippen LogP contribution < -0.4 is 0 Å². The molecular weight excluding hydrogens is 594 g/mol. The minimum Gasteiger partial charge on any atom is -0.462 e. The van der Waals surface area contributed by atoms with Gasteiger partial charge in [0.15, 0.2) is 0 Å². The highest BCUT2D eigenvalue weighted by atomic mass is 16.6. The number of carbonyl (C=O) groups excluding carboxylic acids is 2. The van der Waals surface area contributed by atoms with Gasteiger partial charge in [0.1, 0.15) is 12.7 Å². The van der Waals surface area contributed by atoms with E-state index >= 15 is 0 Å². The first-order chi connectivity index (χ1) is 23.5. The fraction of sp³-hybridized carbons (Fsp3) is 0.767. The molecule has 0 aliphatic carbocycles. The van der Waals surface area contributed by atoms with Crippen LogP contribution in [-0.2, 0) is 19.1 Å². The maximum Gasteiger partial charge on any atom is 0.306 e. The second-order valence-corrected chi connectivity index (χ2v) is 13.4. The quantitative estimate of drug-likeness (QED) is 0.0381.